The van der Waals surface area contributed by atoms with Crippen molar-refractivity contribution in [3.05, 3.63) is 57.7 Å². The number of halogens is 1. The van der Waals surface area contributed by atoms with Crippen LogP contribution in [0.4, 0.5) is 0 Å². The van der Waals surface area contributed by atoms with Gasteiger partial charge in [-0.3, -0.25) is 0 Å². The van der Waals surface area contributed by atoms with Crippen LogP contribution >= 0.6 is 27.3 Å². The maximum Gasteiger partial charge on any atom is 0.254 e. The third-order valence-corrected chi connectivity index (χ3v) is 5.17. The SMILES string of the molecule is NCCCC/C(=C\c1ccccc1Br)c1nc(-c2cccs2)no1. The summed E-state index contributed by atoms with van der Waals surface area (Å²) in [6.45, 7) is 0.687. The van der Waals surface area contributed by atoms with E-state index in [2.05, 4.69) is 38.2 Å². The first-order chi connectivity index (χ1) is 11.8. The van der Waals surface area contributed by atoms with E-state index in [4.69, 9.17) is 10.3 Å². The van der Waals surface area contributed by atoms with E-state index >= 15 is 0 Å². The van der Waals surface area contributed by atoms with E-state index in [1.165, 1.54) is 0 Å². The van der Waals surface area contributed by atoms with Gasteiger partial charge in [0.1, 0.15) is 0 Å². The Morgan fingerprint density at radius 3 is 2.83 bits per heavy atom. The molecule has 2 aromatic heterocycles. The first-order valence-corrected chi connectivity index (χ1v) is 9.48. The van der Waals surface area contributed by atoms with Crippen LogP contribution in [0.5, 0.6) is 0 Å². The quantitative estimate of drug-likeness (QED) is 0.548. The normalized spacial score (nSPS) is 11.8. The van der Waals surface area contributed by atoms with Gasteiger partial charge in [-0.1, -0.05) is 45.4 Å². The predicted molar refractivity (Wildman–Crippen MR) is 103 cm³/mol. The van der Waals surface area contributed by atoms with Gasteiger partial charge in [-0.2, -0.15) is 4.98 Å². The zero-order chi connectivity index (χ0) is 16.8. The van der Waals surface area contributed by atoms with Crippen molar-refractivity contribution in [1.29, 1.82) is 0 Å². The van der Waals surface area contributed by atoms with Gasteiger partial charge in [-0.15, -0.1) is 11.3 Å². The number of allylic oxidation sites excluding steroid dienone is 1. The molecule has 2 heterocycles. The molecule has 4 nitrogen and oxygen atoms in total. The highest BCUT2D eigenvalue weighted by atomic mass is 79.9. The molecule has 0 aliphatic rings. The summed E-state index contributed by atoms with van der Waals surface area (Å²) < 4.78 is 6.57. The minimum atomic E-state index is 0.575. The van der Waals surface area contributed by atoms with Crippen LogP contribution < -0.4 is 5.73 Å². The summed E-state index contributed by atoms with van der Waals surface area (Å²) in [7, 11) is 0. The number of hydrogen-bond donors (Lipinski definition) is 1. The van der Waals surface area contributed by atoms with Gasteiger partial charge < -0.3 is 10.3 Å². The molecule has 0 spiro atoms. The summed E-state index contributed by atoms with van der Waals surface area (Å²) in [5, 5.41) is 6.12. The van der Waals surface area contributed by atoms with Crippen LogP contribution in [0.1, 0.15) is 30.7 Å². The summed E-state index contributed by atoms with van der Waals surface area (Å²) in [6, 6.07) is 12.1. The Morgan fingerprint density at radius 2 is 2.08 bits per heavy atom. The van der Waals surface area contributed by atoms with Crippen LogP contribution in [0.15, 0.2) is 50.8 Å². The van der Waals surface area contributed by atoms with Gasteiger partial charge in [0.05, 0.1) is 4.88 Å². The Morgan fingerprint density at radius 1 is 1.21 bits per heavy atom. The molecule has 0 aliphatic heterocycles. The number of benzene rings is 1. The van der Waals surface area contributed by atoms with Crippen molar-refractivity contribution < 1.29 is 4.52 Å². The molecular weight excluding hydrogens is 386 g/mol. The molecule has 124 valence electrons. The molecular formula is C18H18BrN3OS. The molecule has 0 aliphatic carbocycles. The number of thiophene rings is 1. The van der Waals surface area contributed by atoms with E-state index < -0.39 is 0 Å². The third kappa shape index (κ3) is 4.20. The molecule has 3 aromatic rings. The highest BCUT2D eigenvalue weighted by Gasteiger charge is 2.14. The topological polar surface area (TPSA) is 64.9 Å². The van der Waals surface area contributed by atoms with Gasteiger partial charge in [-0.05, 0) is 55.0 Å². The first kappa shape index (κ1) is 17.1. The molecule has 0 unspecified atom stereocenters. The van der Waals surface area contributed by atoms with Gasteiger partial charge in [0, 0.05) is 10.0 Å². The van der Waals surface area contributed by atoms with Crippen molar-refractivity contribution >= 4 is 38.9 Å². The fourth-order valence-electron chi connectivity index (χ4n) is 2.34. The number of nitrogens with zero attached hydrogens (tertiary/aromatic N) is 2. The second-order valence-corrected chi connectivity index (χ2v) is 7.14. The van der Waals surface area contributed by atoms with Crippen LogP contribution in [0.3, 0.4) is 0 Å². The predicted octanol–water partition coefficient (Wildman–Crippen LogP) is 5.23. The standard InChI is InChI=1S/C18H18BrN3OS/c19-15-8-2-1-6-13(15)12-14(7-3-4-10-20)18-21-17(22-23-18)16-9-5-11-24-16/h1-2,5-6,8-9,11-12H,3-4,7,10,20H2/b14-12+. The van der Waals surface area contributed by atoms with Crippen LogP contribution in [-0.2, 0) is 0 Å². The highest BCUT2D eigenvalue weighted by molar-refractivity contribution is 9.10. The lowest BCUT2D eigenvalue weighted by Gasteiger charge is -2.04. The second-order valence-electron chi connectivity index (χ2n) is 5.34. The monoisotopic (exact) mass is 403 g/mol. The molecule has 0 atom stereocenters. The lowest BCUT2D eigenvalue weighted by Crippen LogP contribution is -1.98. The van der Waals surface area contributed by atoms with Crippen molar-refractivity contribution in [1.82, 2.24) is 10.1 Å². The first-order valence-electron chi connectivity index (χ1n) is 7.81. The molecule has 0 fully saturated rings. The van der Waals surface area contributed by atoms with Crippen molar-refractivity contribution in [2.45, 2.75) is 19.3 Å². The zero-order valence-electron chi connectivity index (χ0n) is 13.1. The Labute approximate surface area is 153 Å². The summed E-state index contributed by atoms with van der Waals surface area (Å²) in [4.78, 5) is 5.58. The minimum absolute atomic E-state index is 0.575. The summed E-state index contributed by atoms with van der Waals surface area (Å²) in [5.41, 5.74) is 7.75. The molecule has 1 aromatic carbocycles. The summed E-state index contributed by atoms with van der Waals surface area (Å²) in [6.07, 6.45) is 4.92. The largest absolute Gasteiger partial charge is 0.334 e. The Bertz CT molecular complexity index is 811. The van der Waals surface area contributed by atoms with E-state index in [1.54, 1.807) is 11.3 Å². The van der Waals surface area contributed by atoms with E-state index in [0.717, 1.165) is 39.7 Å². The van der Waals surface area contributed by atoms with Crippen LogP contribution in [0.2, 0.25) is 0 Å². The van der Waals surface area contributed by atoms with E-state index in [-0.39, 0.29) is 0 Å². The number of unbranched alkanes of at least 4 members (excludes halogenated alkanes) is 1. The van der Waals surface area contributed by atoms with E-state index in [1.807, 2.05) is 35.7 Å². The Kier molecular flexibility index (Phi) is 5.96. The van der Waals surface area contributed by atoms with Gasteiger partial charge in [0.15, 0.2) is 0 Å². The third-order valence-electron chi connectivity index (χ3n) is 3.58. The van der Waals surface area contributed by atoms with Crippen molar-refractivity contribution in [3.63, 3.8) is 0 Å². The fraction of sp³-hybridized carbons (Fsp3) is 0.222. The lowest BCUT2D eigenvalue weighted by molar-refractivity contribution is 0.407. The number of nitrogens with two attached hydrogens (primary N) is 1. The van der Waals surface area contributed by atoms with Crippen molar-refractivity contribution in [2.75, 3.05) is 6.54 Å². The average Bonchev–Trinajstić information content (AvgIpc) is 3.27. The number of aromatic nitrogens is 2. The molecule has 2 N–H and O–H groups in total. The van der Waals surface area contributed by atoms with Crippen LogP contribution in [-0.4, -0.2) is 16.7 Å². The number of hydrogen-bond acceptors (Lipinski definition) is 5. The molecule has 0 saturated carbocycles. The lowest BCUT2D eigenvalue weighted by atomic mass is 10.0. The molecule has 0 radical (unpaired) electrons. The average molecular weight is 404 g/mol. The molecule has 0 saturated heterocycles. The Balaban J connectivity index is 1.91. The molecule has 0 bridgehead atoms. The number of rotatable bonds is 7. The summed E-state index contributed by atoms with van der Waals surface area (Å²) >= 11 is 5.19. The van der Waals surface area contributed by atoms with Gasteiger partial charge >= 0.3 is 0 Å². The maximum absolute atomic E-state index is 5.62. The molecule has 6 heteroatoms. The van der Waals surface area contributed by atoms with Gasteiger partial charge in [0.2, 0.25) is 5.82 Å². The highest BCUT2D eigenvalue weighted by Crippen LogP contribution is 2.28. The van der Waals surface area contributed by atoms with Gasteiger partial charge in [-0.25, -0.2) is 0 Å². The fourth-order valence-corrected chi connectivity index (χ4v) is 3.39. The van der Waals surface area contributed by atoms with E-state index in [9.17, 15) is 0 Å². The van der Waals surface area contributed by atoms with E-state index in [0.29, 0.717) is 18.3 Å². The van der Waals surface area contributed by atoms with Crippen molar-refractivity contribution in [3.8, 4) is 10.7 Å². The van der Waals surface area contributed by atoms with Crippen LogP contribution in [0.25, 0.3) is 22.4 Å². The smallest absolute Gasteiger partial charge is 0.254 e. The zero-order valence-corrected chi connectivity index (χ0v) is 15.5. The molecule has 0 amide bonds. The van der Waals surface area contributed by atoms with Gasteiger partial charge in [0.25, 0.3) is 5.89 Å². The maximum atomic E-state index is 5.62. The minimum Gasteiger partial charge on any atom is -0.334 e. The second kappa shape index (κ2) is 8.37. The summed E-state index contributed by atoms with van der Waals surface area (Å²) in [5.74, 6) is 1.21. The van der Waals surface area contributed by atoms with Crippen molar-refractivity contribution in [2.24, 2.45) is 5.73 Å². The van der Waals surface area contributed by atoms with Crippen LogP contribution in [0, 0.1) is 0 Å². The molecule has 24 heavy (non-hydrogen) atoms. The molecule has 3 rings (SSSR count). The Hall–Kier alpha value is -1.76.